The minimum absolute atomic E-state index is 0.0494. The van der Waals surface area contributed by atoms with Crippen LogP contribution in [0.5, 0.6) is 0 Å². The quantitative estimate of drug-likeness (QED) is 0.281. The monoisotopic (exact) mass is 539 g/mol. The third-order valence-corrected chi connectivity index (χ3v) is 11.7. The Hall–Kier alpha value is -2.11. The molecule has 3 fully saturated rings. The number of nitrogens with zero attached hydrogens (tertiary/aromatic N) is 1. The Morgan fingerprint density at radius 1 is 1.10 bits per heavy atom. The first-order chi connectivity index (χ1) is 18.3. The summed E-state index contributed by atoms with van der Waals surface area (Å²) in [4.78, 5) is 36.6. The van der Waals surface area contributed by atoms with Gasteiger partial charge in [0.1, 0.15) is 12.2 Å². The first kappa shape index (κ1) is 28.4. The molecule has 39 heavy (non-hydrogen) atoms. The van der Waals surface area contributed by atoms with Gasteiger partial charge in [0.2, 0.25) is 11.8 Å². The maximum Gasteiger partial charge on any atom is 0.302 e. The van der Waals surface area contributed by atoms with Crippen LogP contribution >= 0.6 is 0 Å². The van der Waals surface area contributed by atoms with Crippen LogP contribution in [0.25, 0.3) is 0 Å². The van der Waals surface area contributed by atoms with Crippen molar-refractivity contribution in [2.45, 2.75) is 118 Å². The lowest BCUT2D eigenvalue weighted by Crippen LogP contribution is -2.50. The second-order valence-corrected chi connectivity index (χ2v) is 14.0. The van der Waals surface area contributed by atoms with E-state index >= 15 is 0 Å². The maximum atomic E-state index is 11.8. The Morgan fingerprint density at radius 3 is 2.49 bits per heavy atom. The van der Waals surface area contributed by atoms with E-state index in [9.17, 15) is 14.4 Å². The van der Waals surface area contributed by atoms with E-state index in [-0.39, 0.29) is 46.7 Å². The summed E-state index contributed by atoms with van der Waals surface area (Å²) in [6.45, 7) is 14.4. The molecule has 9 atom stereocenters. The van der Waals surface area contributed by atoms with Gasteiger partial charge < -0.3 is 9.47 Å². The van der Waals surface area contributed by atoms with Crippen molar-refractivity contribution in [3.05, 3.63) is 23.0 Å². The molecule has 0 N–H and O–H groups in total. The predicted octanol–water partition coefficient (Wildman–Crippen LogP) is 6.59. The molecule has 0 aromatic carbocycles. The Bertz CT molecular complexity index is 1080. The number of carbonyl (C=O) groups is 3. The van der Waals surface area contributed by atoms with Crippen LogP contribution in [0.15, 0.2) is 23.0 Å². The van der Waals surface area contributed by atoms with Crippen LogP contribution in [-0.2, 0) is 23.9 Å². The number of carbonyl (C=O) groups excluding carboxylic acids is 3. The Balaban J connectivity index is 1.27. The average Bonchev–Trinajstić information content (AvgIpc) is 3.33. The summed E-state index contributed by atoms with van der Waals surface area (Å²) in [7, 11) is 0. The molecule has 5 aliphatic rings. The van der Waals surface area contributed by atoms with Gasteiger partial charge in [-0.2, -0.15) is 0 Å². The van der Waals surface area contributed by atoms with Crippen molar-refractivity contribution in [2.75, 3.05) is 6.54 Å². The summed E-state index contributed by atoms with van der Waals surface area (Å²) in [5.74, 6) is 3.48. The number of ether oxygens (including phenoxy) is 2. The molecule has 0 aromatic rings. The summed E-state index contributed by atoms with van der Waals surface area (Å²) in [6, 6.07) is 0. The highest BCUT2D eigenvalue weighted by Crippen LogP contribution is 2.69. The highest BCUT2D eigenvalue weighted by Gasteiger charge is 2.63. The van der Waals surface area contributed by atoms with Gasteiger partial charge >= 0.3 is 5.97 Å². The van der Waals surface area contributed by atoms with Crippen LogP contribution in [0, 0.1) is 40.4 Å². The number of fused-ring (bicyclic) bond motifs is 7. The van der Waals surface area contributed by atoms with Gasteiger partial charge in [-0.3, -0.25) is 19.3 Å². The summed E-state index contributed by atoms with van der Waals surface area (Å²) in [6.07, 6.45) is 12.5. The summed E-state index contributed by atoms with van der Waals surface area (Å²) in [5, 5.41) is 0. The lowest BCUT2D eigenvalue weighted by Gasteiger charge is -2.58. The fraction of sp³-hybridized carbons (Fsp3) is 0.788. The number of hydrogen-bond donors (Lipinski definition) is 0. The fourth-order valence-electron chi connectivity index (χ4n) is 9.81. The Labute approximate surface area is 234 Å². The normalized spacial score (nSPS) is 39.4. The van der Waals surface area contributed by atoms with Gasteiger partial charge in [-0.25, -0.2) is 0 Å². The van der Waals surface area contributed by atoms with Gasteiger partial charge in [0.25, 0.3) is 0 Å². The van der Waals surface area contributed by atoms with E-state index in [4.69, 9.17) is 9.47 Å². The highest BCUT2D eigenvalue weighted by molar-refractivity contribution is 5.92. The molecule has 6 nitrogen and oxygen atoms in total. The molecule has 5 rings (SSSR count). The highest BCUT2D eigenvalue weighted by atomic mass is 16.5. The van der Waals surface area contributed by atoms with Crippen molar-refractivity contribution < 1.29 is 23.9 Å². The van der Waals surface area contributed by atoms with Crippen LogP contribution in [0.3, 0.4) is 0 Å². The number of rotatable bonds is 6. The van der Waals surface area contributed by atoms with Crippen LogP contribution in [0.2, 0.25) is 0 Å². The van der Waals surface area contributed by atoms with Crippen LogP contribution in [-0.4, -0.2) is 41.4 Å². The molecular formula is C33H49NO5. The number of hydrogen-bond acceptors (Lipinski definition) is 5. The Morgan fingerprint density at radius 2 is 1.82 bits per heavy atom. The zero-order chi connectivity index (χ0) is 28.3. The molecule has 0 radical (unpaired) electrons. The van der Waals surface area contributed by atoms with Crippen LogP contribution in [0.1, 0.15) is 106 Å². The molecule has 1 aliphatic heterocycles. The van der Waals surface area contributed by atoms with E-state index in [1.54, 1.807) is 5.57 Å². The van der Waals surface area contributed by atoms with Crippen LogP contribution in [0.4, 0.5) is 0 Å². The molecule has 0 aromatic heterocycles. The van der Waals surface area contributed by atoms with E-state index in [0.717, 1.165) is 50.7 Å². The molecule has 1 heterocycles. The molecular weight excluding hydrogens is 490 g/mol. The van der Waals surface area contributed by atoms with Crippen molar-refractivity contribution in [1.29, 1.82) is 0 Å². The summed E-state index contributed by atoms with van der Waals surface area (Å²) < 4.78 is 12.4. The first-order valence-electron chi connectivity index (χ1n) is 15.4. The molecule has 3 saturated carbocycles. The van der Waals surface area contributed by atoms with Gasteiger partial charge in [0.15, 0.2) is 0 Å². The van der Waals surface area contributed by atoms with E-state index < -0.39 is 0 Å². The second-order valence-electron chi connectivity index (χ2n) is 14.0. The molecule has 0 spiro atoms. The van der Waals surface area contributed by atoms with Crippen molar-refractivity contribution in [2.24, 2.45) is 40.4 Å². The fourth-order valence-corrected chi connectivity index (χ4v) is 9.81. The molecule has 0 saturated heterocycles. The second kappa shape index (κ2) is 10.4. The van der Waals surface area contributed by atoms with Gasteiger partial charge in [-0.1, -0.05) is 32.4 Å². The largest absolute Gasteiger partial charge is 0.494 e. The smallest absolute Gasteiger partial charge is 0.302 e. The van der Waals surface area contributed by atoms with Gasteiger partial charge in [0.05, 0.1) is 5.76 Å². The van der Waals surface area contributed by atoms with E-state index in [1.165, 1.54) is 44.1 Å². The van der Waals surface area contributed by atoms with E-state index in [0.29, 0.717) is 30.2 Å². The predicted molar refractivity (Wildman–Crippen MR) is 150 cm³/mol. The minimum Gasteiger partial charge on any atom is -0.494 e. The molecule has 2 amide bonds. The molecule has 6 heteroatoms. The van der Waals surface area contributed by atoms with E-state index in [2.05, 4.69) is 33.8 Å². The number of esters is 1. The van der Waals surface area contributed by atoms with Crippen molar-refractivity contribution in [3.63, 3.8) is 0 Å². The standard InChI is InChI=1S/C33H49NO5/c1-19(18-34(21(3)35)22(4)36)8-11-29-20(2)31-30(39-29)17-28-26-10-9-24-16-25(38-23(5)37)12-14-32(24,6)27(26)13-15-33(28,31)7/h9,19,25-28,30-31H,8,10-18H2,1-7H3/t19-,25+,26+,27-,28-,30-,31-,32+,33+/m1/s1. The van der Waals surface area contributed by atoms with Gasteiger partial charge in [0, 0.05) is 46.1 Å². The van der Waals surface area contributed by atoms with Crippen molar-refractivity contribution in [1.82, 2.24) is 4.90 Å². The van der Waals surface area contributed by atoms with Gasteiger partial charge in [-0.05, 0) is 91.9 Å². The first-order valence-corrected chi connectivity index (χ1v) is 15.4. The molecule has 4 aliphatic carbocycles. The van der Waals surface area contributed by atoms with Crippen LogP contribution < -0.4 is 0 Å². The zero-order valence-corrected chi connectivity index (χ0v) is 25.2. The van der Waals surface area contributed by atoms with Crippen molar-refractivity contribution >= 4 is 17.8 Å². The Kier molecular flexibility index (Phi) is 7.56. The zero-order valence-electron chi connectivity index (χ0n) is 25.2. The summed E-state index contributed by atoms with van der Waals surface area (Å²) >= 11 is 0. The lowest BCUT2D eigenvalue weighted by molar-refractivity contribution is -0.149. The topological polar surface area (TPSA) is 72.9 Å². The molecule has 216 valence electrons. The third kappa shape index (κ3) is 4.88. The minimum atomic E-state index is -0.179. The van der Waals surface area contributed by atoms with Crippen molar-refractivity contribution in [3.8, 4) is 0 Å². The number of imide groups is 1. The van der Waals surface area contributed by atoms with Gasteiger partial charge in [-0.15, -0.1) is 0 Å². The molecule has 0 unspecified atom stereocenters. The third-order valence-electron chi connectivity index (χ3n) is 11.7. The SMILES string of the molecule is CC(=O)O[C@H]1CC[C@@]2(C)C(=CC[C@@H]3[C@H]4C[C@H]5OC(CC[C@@H](C)CN(C(C)=O)C(C)=O)=C(C)[C@H]5[C@@]4(C)CC[C@H]32)C1. The maximum absolute atomic E-state index is 11.8. The number of allylic oxidation sites excluding steroid dienone is 2. The number of amides is 2. The summed E-state index contributed by atoms with van der Waals surface area (Å²) in [5.41, 5.74) is 3.50. The average molecular weight is 540 g/mol. The van der Waals surface area contributed by atoms with E-state index in [1.807, 2.05) is 0 Å². The lowest BCUT2D eigenvalue weighted by atomic mass is 9.47. The molecule has 0 bridgehead atoms.